The van der Waals surface area contributed by atoms with E-state index in [-0.39, 0.29) is 18.6 Å². The van der Waals surface area contributed by atoms with Gasteiger partial charge in [-0.1, -0.05) is 23.7 Å². The van der Waals surface area contributed by atoms with Gasteiger partial charge in [0.25, 0.3) is 0 Å². The predicted molar refractivity (Wildman–Crippen MR) is 89.9 cm³/mol. The highest BCUT2D eigenvalue weighted by Crippen LogP contribution is 2.24. The summed E-state index contributed by atoms with van der Waals surface area (Å²) in [5, 5.41) is 21.4. The molecule has 0 aromatic heterocycles. The molecule has 1 saturated heterocycles. The van der Waals surface area contributed by atoms with Gasteiger partial charge in [-0.25, -0.2) is 5.11 Å². The van der Waals surface area contributed by atoms with Gasteiger partial charge in [0, 0.05) is 24.0 Å². The van der Waals surface area contributed by atoms with Gasteiger partial charge in [0.05, 0.1) is 12.7 Å². The van der Waals surface area contributed by atoms with Crippen LogP contribution in [0.4, 0.5) is 0 Å². The van der Waals surface area contributed by atoms with Crippen LogP contribution in [-0.4, -0.2) is 41.2 Å². The Labute approximate surface area is 143 Å². The molecule has 2 atom stereocenters. The number of hydrogen-bond donors (Lipinski definition) is 1. The molecule has 1 unspecified atom stereocenters. The lowest BCUT2D eigenvalue weighted by Crippen LogP contribution is -2.34. The Kier molecular flexibility index (Phi) is 7.34. The Balaban J connectivity index is 1.78. The van der Waals surface area contributed by atoms with Crippen molar-refractivity contribution in [3.05, 3.63) is 34.9 Å². The first-order valence-corrected chi connectivity index (χ1v) is 8.78. The van der Waals surface area contributed by atoms with Gasteiger partial charge in [0.1, 0.15) is 0 Å². The summed E-state index contributed by atoms with van der Waals surface area (Å²) in [5.74, 6) is 0.185. The molecular weight excluding hydrogens is 314 g/mol. The Morgan fingerprint density at radius 3 is 2.91 bits per heavy atom. The van der Waals surface area contributed by atoms with E-state index in [9.17, 15) is 15.0 Å². The fourth-order valence-electron chi connectivity index (χ4n) is 3.21. The van der Waals surface area contributed by atoms with Gasteiger partial charge in [0.2, 0.25) is 5.91 Å². The lowest BCUT2D eigenvalue weighted by atomic mass is 10.0. The van der Waals surface area contributed by atoms with Crippen LogP contribution in [0.15, 0.2) is 24.3 Å². The molecule has 1 amide bonds. The maximum absolute atomic E-state index is 11.9. The van der Waals surface area contributed by atoms with Crippen LogP contribution in [0.5, 0.6) is 0 Å². The van der Waals surface area contributed by atoms with Crippen LogP contribution in [0.1, 0.15) is 44.1 Å². The molecule has 1 aromatic carbocycles. The zero-order chi connectivity index (χ0) is 16.7. The van der Waals surface area contributed by atoms with Gasteiger partial charge in [-0.3, -0.25) is 4.79 Å². The molecule has 0 bridgehead atoms. The molecule has 1 aliphatic rings. The van der Waals surface area contributed by atoms with Gasteiger partial charge in [0.15, 0.2) is 0 Å². The maximum atomic E-state index is 11.9. The average Bonchev–Trinajstić information content (AvgIpc) is 2.86. The highest BCUT2D eigenvalue weighted by molar-refractivity contribution is 6.30. The average molecular weight is 339 g/mol. The van der Waals surface area contributed by atoms with Crippen LogP contribution in [0, 0.1) is 0 Å². The number of unbranched alkanes of at least 4 members (excludes halogenated alkanes) is 1. The van der Waals surface area contributed by atoms with E-state index >= 15 is 0 Å². The summed E-state index contributed by atoms with van der Waals surface area (Å²) in [6.07, 6.45) is 4.48. The fourth-order valence-corrected chi connectivity index (χ4v) is 3.42. The van der Waals surface area contributed by atoms with E-state index in [1.54, 1.807) is 0 Å². The first kappa shape index (κ1) is 18.2. The molecule has 23 heavy (non-hydrogen) atoms. The standard InChI is InChI=1S/C18H25ClNO3/c19-15-5-3-4-14(12-15)13-17(22)8-6-16-7-9-18(23)20(16)10-1-2-11-21/h3-5,12,16-17,22H,1-2,6-11,13H2/t16?,17-/m1/s1. The van der Waals surface area contributed by atoms with Gasteiger partial charge in [-0.15, -0.1) is 0 Å². The van der Waals surface area contributed by atoms with Crippen molar-refractivity contribution in [3.63, 3.8) is 0 Å². The van der Waals surface area contributed by atoms with E-state index in [4.69, 9.17) is 11.6 Å². The van der Waals surface area contributed by atoms with Gasteiger partial charge in [-0.05, 0) is 56.2 Å². The number of halogens is 1. The minimum atomic E-state index is -0.423. The van der Waals surface area contributed by atoms with Crippen molar-refractivity contribution in [2.24, 2.45) is 0 Å². The molecule has 1 heterocycles. The molecule has 5 heteroatoms. The van der Waals surface area contributed by atoms with Crippen molar-refractivity contribution in [3.8, 4) is 0 Å². The summed E-state index contributed by atoms with van der Waals surface area (Å²) in [4.78, 5) is 13.8. The number of amides is 1. The van der Waals surface area contributed by atoms with E-state index in [0.717, 1.165) is 24.8 Å². The van der Waals surface area contributed by atoms with Crippen molar-refractivity contribution < 1.29 is 15.0 Å². The Morgan fingerprint density at radius 2 is 2.17 bits per heavy atom. The van der Waals surface area contributed by atoms with Crippen LogP contribution in [0.3, 0.4) is 0 Å². The fraction of sp³-hybridized carbons (Fsp3) is 0.611. The van der Waals surface area contributed by atoms with Crippen LogP contribution >= 0.6 is 11.6 Å². The minimum absolute atomic E-state index is 0.0783. The molecule has 0 aliphatic carbocycles. The molecule has 127 valence electrons. The molecule has 1 fully saturated rings. The molecule has 4 nitrogen and oxygen atoms in total. The molecule has 0 saturated carbocycles. The number of nitrogens with zero attached hydrogens (tertiary/aromatic N) is 1. The largest absolute Gasteiger partial charge is 0.393 e. The number of likely N-dealkylation sites (tertiary alicyclic amines) is 1. The van der Waals surface area contributed by atoms with E-state index in [1.165, 1.54) is 0 Å². The van der Waals surface area contributed by atoms with Gasteiger partial charge < -0.3 is 10.0 Å². The molecule has 1 N–H and O–H groups in total. The third-order valence-electron chi connectivity index (χ3n) is 4.44. The summed E-state index contributed by atoms with van der Waals surface area (Å²) in [5.41, 5.74) is 1.03. The van der Waals surface area contributed by atoms with Crippen molar-refractivity contribution in [2.45, 2.75) is 57.1 Å². The Morgan fingerprint density at radius 1 is 1.35 bits per heavy atom. The predicted octanol–water partition coefficient (Wildman–Crippen LogP) is 3.23. The van der Waals surface area contributed by atoms with Crippen molar-refractivity contribution in [2.75, 3.05) is 13.2 Å². The third kappa shape index (κ3) is 5.79. The van der Waals surface area contributed by atoms with Crippen molar-refractivity contribution in [1.29, 1.82) is 0 Å². The normalized spacial score (nSPS) is 19.3. The maximum Gasteiger partial charge on any atom is 0.222 e. The number of hydrogen-bond acceptors (Lipinski definition) is 2. The van der Waals surface area contributed by atoms with Crippen LogP contribution < -0.4 is 0 Å². The van der Waals surface area contributed by atoms with E-state index in [0.29, 0.717) is 37.3 Å². The summed E-state index contributed by atoms with van der Waals surface area (Å²) in [6.45, 7) is 0.598. The smallest absolute Gasteiger partial charge is 0.222 e. The molecule has 1 radical (unpaired) electrons. The molecular formula is C18H25ClNO3. The lowest BCUT2D eigenvalue weighted by Gasteiger charge is -2.25. The Bertz CT molecular complexity index is 509. The van der Waals surface area contributed by atoms with E-state index in [1.807, 2.05) is 29.2 Å². The molecule has 1 aliphatic heterocycles. The first-order chi connectivity index (χ1) is 11.1. The summed E-state index contributed by atoms with van der Waals surface area (Å²) in [7, 11) is 0. The van der Waals surface area contributed by atoms with Crippen molar-refractivity contribution in [1.82, 2.24) is 4.90 Å². The van der Waals surface area contributed by atoms with E-state index in [2.05, 4.69) is 0 Å². The third-order valence-corrected chi connectivity index (χ3v) is 4.67. The number of carbonyl (C=O) groups excluding carboxylic acids is 1. The first-order valence-electron chi connectivity index (χ1n) is 8.40. The number of benzene rings is 1. The van der Waals surface area contributed by atoms with Gasteiger partial charge in [-0.2, -0.15) is 0 Å². The highest BCUT2D eigenvalue weighted by atomic mass is 35.5. The number of aliphatic hydroxyl groups is 1. The second-order valence-corrected chi connectivity index (χ2v) is 6.69. The molecule has 0 spiro atoms. The number of aliphatic hydroxyl groups excluding tert-OH is 1. The Hall–Kier alpha value is -1.10. The van der Waals surface area contributed by atoms with Crippen LogP contribution in [-0.2, 0) is 16.3 Å². The zero-order valence-electron chi connectivity index (χ0n) is 13.4. The number of rotatable bonds is 9. The van der Waals surface area contributed by atoms with Crippen LogP contribution in [0.25, 0.3) is 0 Å². The quantitative estimate of drug-likeness (QED) is 0.703. The summed E-state index contributed by atoms with van der Waals surface area (Å²) in [6, 6.07) is 7.75. The molecule has 2 rings (SSSR count). The topological polar surface area (TPSA) is 60.4 Å². The van der Waals surface area contributed by atoms with Crippen LogP contribution in [0.2, 0.25) is 5.02 Å². The SMILES string of the molecule is [O]CCCCN1C(=O)CCC1CC[C@@H](O)Cc1cccc(Cl)c1. The van der Waals surface area contributed by atoms with Gasteiger partial charge >= 0.3 is 0 Å². The molecule has 1 aromatic rings. The highest BCUT2D eigenvalue weighted by Gasteiger charge is 2.30. The number of carbonyl (C=O) groups is 1. The minimum Gasteiger partial charge on any atom is -0.393 e. The summed E-state index contributed by atoms with van der Waals surface area (Å²) < 4.78 is 0. The van der Waals surface area contributed by atoms with E-state index < -0.39 is 6.10 Å². The second kappa shape index (κ2) is 9.26. The second-order valence-electron chi connectivity index (χ2n) is 6.26. The monoisotopic (exact) mass is 338 g/mol. The summed E-state index contributed by atoms with van der Waals surface area (Å²) >= 11 is 5.96. The van der Waals surface area contributed by atoms with Crippen molar-refractivity contribution >= 4 is 17.5 Å². The lowest BCUT2D eigenvalue weighted by molar-refractivity contribution is -0.129. The zero-order valence-corrected chi connectivity index (χ0v) is 14.2.